The molecule has 3 nitrogen and oxygen atoms in total. The Kier molecular flexibility index (Phi) is 3.07. The first-order valence-electron chi connectivity index (χ1n) is 4.90. The Morgan fingerprint density at radius 1 is 1.47 bits per heavy atom. The highest BCUT2D eigenvalue weighted by atomic mass is 79.9. The van der Waals surface area contributed by atoms with Crippen LogP contribution in [0.15, 0.2) is 22.7 Å². The van der Waals surface area contributed by atoms with E-state index >= 15 is 0 Å². The van der Waals surface area contributed by atoms with E-state index in [4.69, 9.17) is 5.11 Å². The summed E-state index contributed by atoms with van der Waals surface area (Å²) in [6.45, 7) is 0.723. The van der Waals surface area contributed by atoms with Crippen molar-refractivity contribution in [3.05, 3.63) is 33.8 Å². The number of benzene rings is 1. The van der Waals surface area contributed by atoms with E-state index in [2.05, 4.69) is 27.3 Å². The lowest BCUT2D eigenvalue weighted by Gasteiger charge is -2.10. The van der Waals surface area contributed by atoms with Gasteiger partial charge in [-0.15, -0.1) is 0 Å². The van der Waals surface area contributed by atoms with E-state index in [1.54, 1.807) is 0 Å². The smallest absolute Gasteiger partial charge is 0.321 e. The number of hydrogen-bond acceptors (Lipinski definition) is 2. The predicted octanol–water partition coefficient (Wildman–Crippen LogP) is 1.59. The number of fused-ring (bicyclic) bond motifs is 1. The van der Waals surface area contributed by atoms with Crippen LogP contribution in [0.1, 0.15) is 11.1 Å². The lowest BCUT2D eigenvalue weighted by molar-refractivity contribution is -0.139. The molecule has 0 bridgehead atoms. The van der Waals surface area contributed by atoms with Gasteiger partial charge in [-0.25, -0.2) is 0 Å². The first kappa shape index (κ1) is 10.6. The van der Waals surface area contributed by atoms with Crippen molar-refractivity contribution in [1.82, 2.24) is 5.32 Å². The minimum Gasteiger partial charge on any atom is -0.480 e. The molecule has 1 aromatic carbocycles. The van der Waals surface area contributed by atoms with Crippen LogP contribution in [0.4, 0.5) is 0 Å². The Balaban J connectivity index is 2.29. The Labute approximate surface area is 96.6 Å². The minimum absolute atomic E-state index is 0.451. The number of nitrogens with one attached hydrogen (secondary N) is 1. The van der Waals surface area contributed by atoms with Crippen molar-refractivity contribution in [1.29, 1.82) is 0 Å². The maximum absolute atomic E-state index is 10.9. The fourth-order valence-electron chi connectivity index (χ4n) is 1.87. The van der Waals surface area contributed by atoms with Gasteiger partial charge in [-0.3, -0.25) is 4.79 Å². The molecule has 0 amide bonds. The largest absolute Gasteiger partial charge is 0.480 e. The second kappa shape index (κ2) is 4.33. The van der Waals surface area contributed by atoms with Gasteiger partial charge in [0.15, 0.2) is 0 Å². The van der Waals surface area contributed by atoms with Crippen LogP contribution in [-0.4, -0.2) is 23.7 Å². The zero-order valence-corrected chi connectivity index (χ0v) is 9.75. The zero-order chi connectivity index (χ0) is 10.8. The fourth-order valence-corrected chi connectivity index (χ4v) is 2.28. The Morgan fingerprint density at radius 3 is 3.00 bits per heavy atom. The number of aliphatic carboxylic acids is 1. The van der Waals surface area contributed by atoms with E-state index in [1.807, 2.05) is 12.1 Å². The third-order valence-corrected chi connectivity index (χ3v) is 3.17. The molecule has 0 spiro atoms. The second-order valence-corrected chi connectivity index (χ2v) is 4.63. The van der Waals surface area contributed by atoms with E-state index < -0.39 is 12.0 Å². The summed E-state index contributed by atoms with van der Waals surface area (Å²) in [5, 5.41) is 12.0. The molecule has 1 atom stereocenters. The van der Waals surface area contributed by atoms with Crippen molar-refractivity contribution in [3.63, 3.8) is 0 Å². The van der Waals surface area contributed by atoms with Gasteiger partial charge < -0.3 is 10.4 Å². The number of rotatable bonds is 1. The summed E-state index contributed by atoms with van der Waals surface area (Å²) in [6, 6.07) is 5.58. The number of carboxylic acids is 1. The maximum atomic E-state index is 10.9. The first-order chi connectivity index (χ1) is 7.16. The first-order valence-corrected chi connectivity index (χ1v) is 5.69. The highest BCUT2D eigenvalue weighted by Gasteiger charge is 2.21. The molecule has 0 saturated heterocycles. The van der Waals surface area contributed by atoms with Crippen LogP contribution in [0.25, 0.3) is 0 Å². The molecule has 1 heterocycles. The molecule has 1 aliphatic heterocycles. The summed E-state index contributed by atoms with van der Waals surface area (Å²) in [5.41, 5.74) is 2.37. The van der Waals surface area contributed by atoms with E-state index in [0.29, 0.717) is 6.42 Å². The third kappa shape index (κ3) is 2.38. The lowest BCUT2D eigenvalue weighted by atomic mass is 10.0. The topological polar surface area (TPSA) is 49.3 Å². The fraction of sp³-hybridized carbons (Fsp3) is 0.364. The number of carbonyl (C=O) groups is 1. The van der Waals surface area contributed by atoms with Gasteiger partial charge in [-0.2, -0.15) is 0 Å². The highest BCUT2D eigenvalue weighted by Crippen LogP contribution is 2.20. The maximum Gasteiger partial charge on any atom is 0.321 e. The molecule has 0 radical (unpaired) electrons. The normalized spacial score (nSPS) is 20.5. The second-order valence-electron chi connectivity index (χ2n) is 3.71. The van der Waals surface area contributed by atoms with Crippen molar-refractivity contribution < 1.29 is 9.90 Å². The molecule has 2 rings (SSSR count). The molecule has 15 heavy (non-hydrogen) atoms. The summed E-state index contributed by atoms with van der Waals surface area (Å²) < 4.78 is 1.05. The molecule has 0 fully saturated rings. The Morgan fingerprint density at radius 2 is 2.27 bits per heavy atom. The molecule has 2 N–H and O–H groups in total. The van der Waals surface area contributed by atoms with Crippen LogP contribution in [0.5, 0.6) is 0 Å². The van der Waals surface area contributed by atoms with Crippen molar-refractivity contribution in [3.8, 4) is 0 Å². The summed E-state index contributed by atoms with van der Waals surface area (Å²) in [7, 11) is 0. The van der Waals surface area contributed by atoms with E-state index in [0.717, 1.165) is 23.0 Å². The summed E-state index contributed by atoms with van der Waals surface area (Å²) in [5.74, 6) is -0.772. The number of hydrogen-bond donors (Lipinski definition) is 2. The quantitative estimate of drug-likeness (QED) is 0.814. The van der Waals surface area contributed by atoms with Crippen molar-refractivity contribution in [2.24, 2.45) is 0 Å². The van der Waals surface area contributed by atoms with Crippen molar-refractivity contribution >= 4 is 21.9 Å². The SMILES string of the molecule is O=C(O)C1Cc2ccc(Br)cc2CCN1. The number of carboxylic acid groups (broad SMARTS) is 1. The van der Waals surface area contributed by atoms with Gasteiger partial charge in [0, 0.05) is 4.47 Å². The van der Waals surface area contributed by atoms with Gasteiger partial charge in [0.25, 0.3) is 0 Å². The third-order valence-electron chi connectivity index (χ3n) is 2.68. The zero-order valence-electron chi connectivity index (χ0n) is 8.16. The standard InChI is InChI=1S/C11H12BrNO2/c12-9-2-1-7-6-10(11(14)15)13-4-3-8(7)5-9/h1-2,5,10,13H,3-4,6H2,(H,14,15). The van der Waals surface area contributed by atoms with Gasteiger partial charge in [0.2, 0.25) is 0 Å². The summed E-state index contributed by atoms with van der Waals surface area (Å²) in [4.78, 5) is 10.9. The van der Waals surface area contributed by atoms with Crippen LogP contribution in [0.3, 0.4) is 0 Å². The molecule has 80 valence electrons. The minimum atomic E-state index is -0.772. The predicted molar refractivity (Wildman–Crippen MR) is 61.0 cm³/mol. The van der Waals surface area contributed by atoms with Crippen LogP contribution in [0.2, 0.25) is 0 Å². The molecule has 1 aliphatic rings. The molecular formula is C11H12BrNO2. The van der Waals surface area contributed by atoms with Crippen LogP contribution < -0.4 is 5.32 Å². The molecular weight excluding hydrogens is 258 g/mol. The van der Waals surface area contributed by atoms with Gasteiger partial charge >= 0.3 is 5.97 Å². The molecule has 1 unspecified atom stereocenters. The molecule has 4 heteroatoms. The van der Waals surface area contributed by atoms with E-state index in [-0.39, 0.29) is 0 Å². The summed E-state index contributed by atoms with van der Waals surface area (Å²) >= 11 is 3.42. The monoisotopic (exact) mass is 269 g/mol. The molecule has 0 aliphatic carbocycles. The number of halogens is 1. The van der Waals surface area contributed by atoms with Gasteiger partial charge in [0.05, 0.1) is 0 Å². The van der Waals surface area contributed by atoms with Gasteiger partial charge in [0.1, 0.15) is 6.04 Å². The van der Waals surface area contributed by atoms with Gasteiger partial charge in [-0.05, 0) is 42.6 Å². The van der Waals surface area contributed by atoms with Crippen LogP contribution in [-0.2, 0) is 17.6 Å². The molecule has 0 saturated carbocycles. The average Bonchev–Trinajstić information content (AvgIpc) is 2.39. The Hall–Kier alpha value is -0.870. The molecule has 1 aromatic rings. The van der Waals surface area contributed by atoms with E-state index in [1.165, 1.54) is 5.56 Å². The highest BCUT2D eigenvalue weighted by molar-refractivity contribution is 9.10. The van der Waals surface area contributed by atoms with Gasteiger partial charge in [-0.1, -0.05) is 22.0 Å². The molecule has 0 aromatic heterocycles. The van der Waals surface area contributed by atoms with Crippen molar-refractivity contribution in [2.75, 3.05) is 6.54 Å². The Bertz CT molecular complexity index is 392. The van der Waals surface area contributed by atoms with E-state index in [9.17, 15) is 4.79 Å². The van der Waals surface area contributed by atoms with Crippen LogP contribution in [0, 0.1) is 0 Å². The van der Waals surface area contributed by atoms with Crippen molar-refractivity contribution in [2.45, 2.75) is 18.9 Å². The summed E-state index contributed by atoms with van der Waals surface area (Å²) in [6.07, 6.45) is 1.45. The lowest BCUT2D eigenvalue weighted by Crippen LogP contribution is -2.37. The van der Waals surface area contributed by atoms with Crippen LogP contribution >= 0.6 is 15.9 Å². The average molecular weight is 270 g/mol.